The Morgan fingerprint density at radius 3 is 1.52 bits per heavy atom. The zero-order valence-electron chi connectivity index (χ0n) is 18.0. The average molecular weight is 364 g/mol. The Bertz CT molecular complexity index is 703. The van der Waals surface area contributed by atoms with E-state index in [1.165, 1.54) is 46.0 Å². The van der Waals surface area contributed by atoms with Gasteiger partial charge in [-0.25, -0.2) is 0 Å². The first-order valence-corrected chi connectivity index (χ1v) is 9.89. The third kappa shape index (κ3) is 4.97. The molecule has 0 saturated heterocycles. The number of methoxy groups -OCH3 is 2. The molecule has 0 spiro atoms. The van der Waals surface area contributed by atoms with Crippen LogP contribution in [0.25, 0.3) is 0 Å². The number of benzene rings is 2. The van der Waals surface area contributed by atoms with Crippen LogP contribution in [0.3, 0.4) is 0 Å². The highest BCUT2D eigenvalue weighted by atomic mass is 16.5. The van der Waals surface area contributed by atoms with Gasteiger partial charge in [-0.15, -0.1) is 5.98 Å². The minimum atomic E-state index is 0.235. The third-order valence-corrected chi connectivity index (χ3v) is 5.28. The van der Waals surface area contributed by atoms with Crippen LogP contribution in [-0.2, 0) is 0 Å². The van der Waals surface area contributed by atoms with Crippen molar-refractivity contribution in [1.82, 2.24) is 0 Å². The number of ether oxygens (including phenoxy) is 2. The number of hydrogen-bond donors (Lipinski definition) is 0. The van der Waals surface area contributed by atoms with Crippen molar-refractivity contribution in [1.29, 1.82) is 0 Å². The number of allylic oxidation sites excluding steroid dienone is 1. The normalized spacial score (nSPS) is 11.1. The molecule has 0 saturated carbocycles. The van der Waals surface area contributed by atoms with Crippen molar-refractivity contribution in [2.75, 3.05) is 14.2 Å². The van der Waals surface area contributed by atoms with Gasteiger partial charge < -0.3 is 9.47 Å². The SMILES string of the molecule is CCCC/C=C/B(c1c(C)cc(OC)cc1C)c1c(C)cc(OC)cc1C. The Labute approximate surface area is 165 Å². The van der Waals surface area contributed by atoms with Crippen molar-refractivity contribution >= 4 is 17.6 Å². The summed E-state index contributed by atoms with van der Waals surface area (Å²) in [5.74, 6) is 4.23. The van der Waals surface area contributed by atoms with Crippen LogP contribution in [0.5, 0.6) is 11.5 Å². The van der Waals surface area contributed by atoms with Gasteiger partial charge in [-0.3, -0.25) is 0 Å². The predicted molar refractivity (Wildman–Crippen MR) is 119 cm³/mol. The number of rotatable bonds is 8. The molecule has 0 aliphatic heterocycles. The van der Waals surface area contributed by atoms with E-state index in [-0.39, 0.29) is 6.71 Å². The van der Waals surface area contributed by atoms with E-state index >= 15 is 0 Å². The fraction of sp³-hybridized carbons (Fsp3) is 0.417. The fourth-order valence-electron chi connectivity index (χ4n) is 3.98. The molecule has 27 heavy (non-hydrogen) atoms. The summed E-state index contributed by atoms with van der Waals surface area (Å²) in [6.45, 7) is 11.2. The summed E-state index contributed by atoms with van der Waals surface area (Å²) >= 11 is 0. The first-order chi connectivity index (χ1) is 12.9. The van der Waals surface area contributed by atoms with Crippen molar-refractivity contribution in [2.24, 2.45) is 0 Å². The molecule has 2 rings (SSSR count). The molecule has 0 aliphatic carbocycles. The zero-order valence-corrected chi connectivity index (χ0v) is 18.0. The first kappa shape index (κ1) is 21.1. The van der Waals surface area contributed by atoms with E-state index in [0.717, 1.165) is 17.9 Å². The van der Waals surface area contributed by atoms with Crippen LogP contribution in [0.4, 0.5) is 0 Å². The van der Waals surface area contributed by atoms with Gasteiger partial charge in [0.1, 0.15) is 11.5 Å². The second-order valence-electron chi connectivity index (χ2n) is 7.40. The van der Waals surface area contributed by atoms with Gasteiger partial charge >= 0.3 is 0 Å². The van der Waals surface area contributed by atoms with Crippen LogP contribution in [0, 0.1) is 27.7 Å². The summed E-state index contributed by atoms with van der Waals surface area (Å²) in [7, 11) is 3.46. The summed E-state index contributed by atoms with van der Waals surface area (Å²) in [5.41, 5.74) is 7.83. The molecule has 0 aromatic heterocycles. The Kier molecular flexibility index (Phi) is 7.59. The second-order valence-corrected chi connectivity index (χ2v) is 7.40. The van der Waals surface area contributed by atoms with E-state index in [0.29, 0.717) is 0 Å². The van der Waals surface area contributed by atoms with Gasteiger partial charge in [-0.2, -0.15) is 0 Å². The van der Waals surface area contributed by atoms with Gasteiger partial charge in [0.05, 0.1) is 14.2 Å². The molecule has 2 nitrogen and oxygen atoms in total. The van der Waals surface area contributed by atoms with Crippen molar-refractivity contribution in [3.63, 3.8) is 0 Å². The maximum Gasteiger partial charge on any atom is 0.235 e. The maximum atomic E-state index is 5.47. The summed E-state index contributed by atoms with van der Waals surface area (Å²) in [6.07, 6.45) is 5.91. The molecule has 2 aromatic rings. The monoisotopic (exact) mass is 364 g/mol. The Morgan fingerprint density at radius 2 is 1.19 bits per heavy atom. The molecule has 0 unspecified atom stereocenters. The number of aryl methyl sites for hydroxylation is 4. The number of hydrogen-bond acceptors (Lipinski definition) is 2. The van der Waals surface area contributed by atoms with E-state index in [9.17, 15) is 0 Å². The zero-order chi connectivity index (χ0) is 20.0. The van der Waals surface area contributed by atoms with Gasteiger partial charge in [-0.1, -0.05) is 59.0 Å². The topological polar surface area (TPSA) is 18.5 Å². The molecule has 0 amide bonds. The average Bonchev–Trinajstić information content (AvgIpc) is 2.63. The van der Waals surface area contributed by atoms with Crippen LogP contribution >= 0.6 is 0 Å². The van der Waals surface area contributed by atoms with E-state index in [2.05, 4.69) is 70.9 Å². The van der Waals surface area contributed by atoms with Crippen LogP contribution in [0.15, 0.2) is 36.3 Å². The van der Waals surface area contributed by atoms with Gasteiger partial charge in [0.2, 0.25) is 6.71 Å². The molecule has 3 heteroatoms. The first-order valence-electron chi connectivity index (χ1n) is 9.89. The standard InChI is InChI=1S/C24H33BO2/c1-8-9-10-11-12-25(23-17(2)13-21(26-6)14-18(23)3)24-19(4)15-22(27-7)16-20(24)5/h11-16H,8-10H2,1-7H3/b12-11+. The summed E-state index contributed by atoms with van der Waals surface area (Å²) < 4.78 is 10.9. The highest BCUT2D eigenvalue weighted by Crippen LogP contribution is 2.19. The lowest BCUT2D eigenvalue weighted by molar-refractivity contribution is 0.414. The molecule has 0 aliphatic rings. The summed E-state index contributed by atoms with van der Waals surface area (Å²) in [6, 6.07) is 8.57. The Balaban J connectivity index is 2.62. The van der Waals surface area contributed by atoms with Crippen molar-refractivity contribution in [3.05, 3.63) is 58.6 Å². The maximum absolute atomic E-state index is 5.47. The minimum Gasteiger partial charge on any atom is -0.497 e. The molecular weight excluding hydrogens is 331 g/mol. The van der Waals surface area contributed by atoms with Gasteiger partial charge in [0.25, 0.3) is 0 Å². The number of unbranched alkanes of at least 4 members (excludes halogenated alkanes) is 2. The Morgan fingerprint density at radius 1 is 0.778 bits per heavy atom. The molecule has 144 valence electrons. The van der Waals surface area contributed by atoms with Crippen molar-refractivity contribution < 1.29 is 9.47 Å². The van der Waals surface area contributed by atoms with E-state index in [4.69, 9.17) is 9.47 Å². The highest BCUT2D eigenvalue weighted by molar-refractivity contribution is 6.90. The fourth-order valence-corrected chi connectivity index (χ4v) is 3.98. The third-order valence-electron chi connectivity index (χ3n) is 5.28. The van der Waals surface area contributed by atoms with Crippen LogP contribution in [0.2, 0.25) is 0 Å². The lowest BCUT2D eigenvalue weighted by atomic mass is 9.37. The van der Waals surface area contributed by atoms with Gasteiger partial charge in [-0.05, 0) is 58.4 Å². The Hall–Kier alpha value is -2.16. The van der Waals surface area contributed by atoms with E-state index in [1.54, 1.807) is 14.2 Å². The molecule has 0 bridgehead atoms. The van der Waals surface area contributed by atoms with Crippen LogP contribution in [-0.4, -0.2) is 20.9 Å². The minimum absolute atomic E-state index is 0.235. The molecule has 0 heterocycles. The lowest BCUT2D eigenvalue weighted by Crippen LogP contribution is -2.46. The summed E-state index contributed by atoms with van der Waals surface area (Å²) in [4.78, 5) is 0. The van der Waals surface area contributed by atoms with Crippen molar-refractivity contribution in [2.45, 2.75) is 53.9 Å². The van der Waals surface area contributed by atoms with Crippen LogP contribution < -0.4 is 20.4 Å². The molecule has 0 N–H and O–H groups in total. The lowest BCUT2D eigenvalue weighted by Gasteiger charge is -2.22. The molecule has 0 fully saturated rings. The largest absolute Gasteiger partial charge is 0.497 e. The summed E-state index contributed by atoms with van der Waals surface area (Å²) in [5, 5.41) is 0. The van der Waals surface area contributed by atoms with Crippen LogP contribution in [0.1, 0.15) is 48.4 Å². The highest BCUT2D eigenvalue weighted by Gasteiger charge is 2.24. The van der Waals surface area contributed by atoms with Crippen molar-refractivity contribution in [3.8, 4) is 11.5 Å². The van der Waals surface area contributed by atoms with Gasteiger partial charge in [0, 0.05) is 0 Å². The molecule has 2 aromatic carbocycles. The van der Waals surface area contributed by atoms with E-state index < -0.39 is 0 Å². The molecular formula is C24H33BO2. The van der Waals surface area contributed by atoms with E-state index in [1.807, 2.05) is 0 Å². The predicted octanol–water partition coefficient (Wildman–Crippen LogP) is 4.83. The molecule has 0 radical (unpaired) electrons. The quantitative estimate of drug-likeness (QED) is 0.493. The van der Waals surface area contributed by atoms with Gasteiger partial charge in [0.15, 0.2) is 0 Å². The second kappa shape index (κ2) is 9.69. The smallest absolute Gasteiger partial charge is 0.235 e. The molecule has 0 atom stereocenters.